The van der Waals surface area contributed by atoms with Gasteiger partial charge in [-0.3, -0.25) is 0 Å². The number of aromatic nitrogens is 5. The molecule has 33 heavy (non-hydrogen) atoms. The Morgan fingerprint density at radius 2 is 1.94 bits per heavy atom. The van der Waals surface area contributed by atoms with E-state index in [1.165, 1.54) is 0 Å². The van der Waals surface area contributed by atoms with Crippen LogP contribution in [0.3, 0.4) is 0 Å². The molecule has 174 valence electrons. The van der Waals surface area contributed by atoms with E-state index in [9.17, 15) is 9.90 Å². The lowest BCUT2D eigenvalue weighted by molar-refractivity contribution is -0.000149. The van der Waals surface area contributed by atoms with Gasteiger partial charge < -0.3 is 24.4 Å². The van der Waals surface area contributed by atoms with Crippen LogP contribution < -0.4 is 4.90 Å². The Morgan fingerprint density at radius 3 is 2.64 bits per heavy atom. The van der Waals surface area contributed by atoms with Crippen molar-refractivity contribution in [2.75, 3.05) is 44.3 Å². The molecule has 0 bridgehead atoms. The maximum atomic E-state index is 12.3. The number of morpholine rings is 1. The summed E-state index contributed by atoms with van der Waals surface area (Å²) in [5.74, 6) is 1.31. The van der Waals surface area contributed by atoms with Crippen LogP contribution in [0.5, 0.6) is 5.75 Å². The number of nitrogens with zero attached hydrogens (tertiary/aromatic N) is 7. The zero-order chi connectivity index (χ0) is 23.2. The Kier molecular flexibility index (Phi) is 5.28. The number of aromatic hydroxyl groups is 1. The third-order valence-electron chi connectivity index (χ3n) is 5.58. The second kappa shape index (κ2) is 8.14. The Balaban J connectivity index is 1.49. The third kappa shape index (κ3) is 4.28. The van der Waals surface area contributed by atoms with E-state index in [0.29, 0.717) is 67.8 Å². The minimum absolute atomic E-state index is 0.0630. The summed E-state index contributed by atoms with van der Waals surface area (Å²) in [6.45, 7) is 9.06. The Hall–Kier alpha value is -3.47. The predicted octanol–water partition coefficient (Wildman–Crippen LogP) is 2.22. The molecule has 0 atom stereocenters. The van der Waals surface area contributed by atoms with Crippen molar-refractivity contribution < 1.29 is 19.4 Å². The van der Waals surface area contributed by atoms with Crippen LogP contribution in [0, 0.1) is 0 Å². The molecule has 1 N–H and O–H groups in total. The first-order valence-electron chi connectivity index (χ1n) is 11.0. The smallest absolute Gasteiger partial charge is 0.410 e. The topological polar surface area (TPSA) is 119 Å². The zero-order valence-electron chi connectivity index (χ0n) is 18.9. The monoisotopic (exact) mass is 453 g/mol. The van der Waals surface area contributed by atoms with Crippen molar-refractivity contribution in [3.05, 3.63) is 24.3 Å². The van der Waals surface area contributed by atoms with Crippen LogP contribution in [-0.2, 0) is 9.47 Å². The second-order valence-electron chi connectivity index (χ2n) is 9.27. The van der Waals surface area contributed by atoms with Crippen LogP contribution in [-0.4, -0.2) is 86.1 Å². The lowest BCUT2D eigenvalue weighted by atomic mass is 10.1. The molecule has 2 saturated heterocycles. The number of ether oxygens (including phenoxy) is 2. The van der Waals surface area contributed by atoms with E-state index in [1.54, 1.807) is 27.8 Å². The highest BCUT2D eigenvalue weighted by Gasteiger charge is 2.37. The van der Waals surface area contributed by atoms with Gasteiger partial charge in [-0.15, -0.1) is 5.10 Å². The van der Waals surface area contributed by atoms with E-state index < -0.39 is 5.60 Å². The number of amides is 1. The van der Waals surface area contributed by atoms with Crippen molar-refractivity contribution >= 4 is 23.1 Å². The van der Waals surface area contributed by atoms with Gasteiger partial charge in [0.2, 0.25) is 0 Å². The molecule has 0 radical (unpaired) electrons. The maximum absolute atomic E-state index is 12.3. The van der Waals surface area contributed by atoms with Gasteiger partial charge >= 0.3 is 6.09 Å². The van der Waals surface area contributed by atoms with E-state index in [0.717, 1.165) is 0 Å². The molecular formula is C22H27N7O4. The molecule has 0 spiro atoms. The van der Waals surface area contributed by atoms with Gasteiger partial charge in [-0.05, 0) is 32.9 Å². The van der Waals surface area contributed by atoms with Crippen molar-refractivity contribution in [2.24, 2.45) is 0 Å². The molecular weight excluding hydrogens is 426 g/mol. The fourth-order valence-corrected chi connectivity index (χ4v) is 3.92. The number of hydrogen-bond donors (Lipinski definition) is 1. The molecule has 1 amide bonds. The summed E-state index contributed by atoms with van der Waals surface area (Å²) in [6, 6.07) is 6.79. The molecule has 3 aromatic rings. The number of phenolic OH excluding ortho intramolecular Hbond substituents is 1. The highest BCUT2D eigenvalue weighted by molar-refractivity contribution is 5.85. The summed E-state index contributed by atoms with van der Waals surface area (Å²) >= 11 is 0. The summed E-state index contributed by atoms with van der Waals surface area (Å²) in [5.41, 5.74) is 1.36. The van der Waals surface area contributed by atoms with E-state index in [-0.39, 0.29) is 17.9 Å². The number of anilines is 1. The van der Waals surface area contributed by atoms with Gasteiger partial charge in [0.25, 0.3) is 0 Å². The average molecular weight is 454 g/mol. The normalized spacial score (nSPS) is 17.3. The Morgan fingerprint density at radius 1 is 1.18 bits per heavy atom. The number of phenols is 1. The standard InChI is InChI=1S/C22H27N7O4/c1-22(2,3)33-21(31)28-12-15(13-28)29-20-17(25-26-29)19(27-7-9-32-10-8-27)23-18(24-20)14-5-4-6-16(30)11-14/h4-6,11,15,30H,7-10,12-13H2,1-3H3. The number of carbonyl (C=O) groups is 1. The molecule has 4 heterocycles. The van der Waals surface area contributed by atoms with E-state index in [2.05, 4.69) is 15.2 Å². The van der Waals surface area contributed by atoms with Crippen LogP contribution in [0.1, 0.15) is 26.8 Å². The first-order valence-corrected chi connectivity index (χ1v) is 11.0. The highest BCUT2D eigenvalue weighted by atomic mass is 16.6. The number of likely N-dealkylation sites (tertiary alicyclic amines) is 1. The SMILES string of the molecule is CC(C)(C)OC(=O)N1CC(n2nnc3c(N4CCOCC4)nc(-c4cccc(O)c4)nc32)C1. The van der Waals surface area contributed by atoms with Crippen LogP contribution in [0.2, 0.25) is 0 Å². The van der Waals surface area contributed by atoms with Gasteiger partial charge in [0.15, 0.2) is 22.8 Å². The molecule has 2 aliphatic rings. The second-order valence-corrected chi connectivity index (χ2v) is 9.27. The van der Waals surface area contributed by atoms with Crippen LogP contribution >= 0.6 is 0 Å². The summed E-state index contributed by atoms with van der Waals surface area (Å²) in [7, 11) is 0. The third-order valence-corrected chi connectivity index (χ3v) is 5.58. The van der Waals surface area contributed by atoms with Gasteiger partial charge in [0.1, 0.15) is 11.4 Å². The van der Waals surface area contributed by atoms with Gasteiger partial charge in [-0.1, -0.05) is 17.3 Å². The molecule has 0 unspecified atom stereocenters. The number of fused-ring (bicyclic) bond motifs is 1. The largest absolute Gasteiger partial charge is 0.508 e. The predicted molar refractivity (Wildman–Crippen MR) is 120 cm³/mol. The molecule has 5 rings (SSSR count). The van der Waals surface area contributed by atoms with Gasteiger partial charge in [0.05, 0.1) is 19.3 Å². The van der Waals surface area contributed by atoms with E-state index >= 15 is 0 Å². The fraction of sp³-hybridized carbons (Fsp3) is 0.500. The van der Waals surface area contributed by atoms with Crippen molar-refractivity contribution in [3.8, 4) is 17.1 Å². The lowest BCUT2D eigenvalue weighted by Gasteiger charge is -2.39. The number of hydrogen-bond acceptors (Lipinski definition) is 9. The van der Waals surface area contributed by atoms with Crippen molar-refractivity contribution in [2.45, 2.75) is 32.4 Å². The highest BCUT2D eigenvalue weighted by Crippen LogP contribution is 2.31. The average Bonchev–Trinajstić information content (AvgIpc) is 3.15. The molecule has 11 nitrogen and oxygen atoms in total. The summed E-state index contributed by atoms with van der Waals surface area (Å²) in [4.78, 5) is 25.6. The van der Waals surface area contributed by atoms with E-state index in [4.69, 9.17) is 19.4 Å². The molecule has 11 heteroatoms. The molecule has 2 aromatic heterocycles. The zero-order valence-corrected chi connectivity index (χ0v) is 18.9. The van der Waals surface area contributed by atoms with Crippen molar-refractivity contribution in [3.63, 3.8) is 0 Å². The quantitative estimate of drug-likeness (QED) is 0.637. The minimum atomic E-state index is -0.543. The number of benzene rings is 1. The molecule has 2 aliphatic heterocycles. The summed E-state index contributed by atoms with van der Waals surface area (Å²) < 4.78 is 12.7. The molecule has 2 fully saturated rings. The molecule has 0 saturated carbocycles. The number of carbonyl (C=O) groups excluding carboxylic acids is 1. The fourth-order valence-electron chi connectivity index (χ4n) is 3.92. The molecule has 1 aromatic carbocycles. The van der Waals surface area contributed by atoms with Crippen molar-refractivity contribution in [1.82, 2.24) is 29.9 Å². The Labute approximate surface area is 190 Å². The van der Waals surface area contributed by atoms with Gasteiger partial charge in [-0.25, -0.2) is 19.4 Å². The Bertz CT molecular complexity index is 1180. The van der Waals surface area contributed by atoms with Crippen LogP contribution in [0.25, 0.3) is 22.6 Å². The summed E-state index contributed by atoms with van der Waals surface area (Å²) in [5, 5.41) is 18.7. The molecule has 0 aliphatic carbocycles. The van der Waals surface area contributed by atoms with E-state index in [1.807, 2.05) is 26.8 Å². The first-order chi connectivity index (χ1) is 15.8. The minimum Gasteiger partial charge on any atom is -0.508 e. The first kappa shape index (κ1) is 21.4. The van der Waals surface area contributed by atoms with Crippen molar-refractivity contribution in [1.29, 1.82) is 0 Å². The van der Waals surface area contributed by atoms with Gasteiger partial charge in [-0.2, -0.15) is 0 Å². The van der Waals surface area contributed by atoms with Crippen LogP contribution in [0.4, 0.5) is 10.6 Å². The number of rotatable bonds is 3. The van der Waals surface area contributed by atoms with Gasteiger partial charge in [0, 0.05) is 31.7 Å². The lowest BCUT2D eigenvalue weighted by Crippen LogP contribution is -2.52. The maximum Gasteiger partial charge on any atom is 0.410 e. The summed E-state index contributed by atoms with van der Waals surface area (Å²) in [6.07, 6.45) is -0.341. The van der Waals surface area contributed by atoms with Crippen LogP contribution in [0.15, 0.2) is 24.3 Å².